The Balaban J connectivity index is 2.07. The van der Waals surface area contributed by atoms with E-state index >= 15 is 0 Å². The molecule has 1 aromatic carbocycles. The third-order valence-corrected chi connectivity index (χ3v) is 4.46. The van der Waals surface area contributed by atoms with Crippen molar-refractivity contribution in [2.75, 3.05) is 0 Å². The zero-order chi connectivity index (χ0) is 13.7. The number of rotatable bonds is 1. The molecule has 0 spiro atoms. The summed E-state index contributed by atoms with van der Waals surface area (Å²) in [6, 6.07) is 7.95. The van der Waals surface area contributed by atoms with E-state index in [4.69, 9.17) is 0 Å². The molecule has 1 N–H and O–H groups in total. The van der Waals surface area contributed by atoms with Gasteiger partial charge in [-0.3, -0.25) is 9.59 Å². The number of ketones is 2. The van der Waals surface area contributed by atoms with Gasteiger partial charge in [0.2, 0.25) is 5.78 Å². The highest BCUT2D eigenvalue weighted by Gasteiger charge is 2.54. The number of Topliss-reactive ketones (excluding diaryl/α,β-unsaturated/α-hetero) is 2. The lowest BCUT2D eigenvalue weighted by molar-refractivity contribution is -0.132. The minimum Gasteiger partial charge on any atom is -0.505 e. The molecular formula is C16H16O3. The fourth-order valence-electron chi connectivity index (χ4n) is 3.39. The highest BCUT2D eigenvalue weighted by atomic mass is 16.3. The first-order chi connectivity index (χ1) is 9.00. The van der Waals surface area contributed by atoms with Crippen LogP contribution in [0, 0.1) is 24.7 Å². The molecule has 0 unspecified atom stereocenters. The maximum Gasteiger partial charge on any atom is 0.207 e. The highest BCUT2D eigenvalue weighted by Crippen LogP contribution is 2.49. The Labute approximate surface area is 111 Å². The molecule has 1 fully saturated rings. The van der Waals surface area contributed by atoms with Crippen molar-refractivity contribution in [2.45, 2.75) is 19.8 Å². The molecule has 0 heterocycles. The van der Waals surface area contributed by atoms with Gasteiger partial charge in [-0.2, -0.15) is 0 Å². The number of aliphatic hydroxyl groups excluding tert-OH is 1. The van der Waals surface area contributed by atoms with Crippen molar-refractivity contribution in [1.82, 2.24) is 0 Å². The van der Waals surface area contributed by atoms with Crippen LogP contribution in [0.25, 0.3) is 0 Å². The Morgan fingerprint density at radius 3 is 2.37 bits per heavy atom. The van der Waals surface area contributed by atoms with Gasteiger partial charge in [0, 0.05) is 11.8 Å². The fourth-order valence-corrected chi connectivity index (χ4v) is 3.39. The third-order valence-electron chi connectivity index (χ3n) is 4.46. The van der Waals surface area contributed by atoms with Crippen LogP contribution in [0.1, 0.15) is 24.0 Å². The van der Waals surface area contributed by atoms with E-state index in [-0.39, 0.29) is 29.3 Å². The summed E-state index contributed by atoms with van der Waals surface area (Å²) in [6.07, 6.45) is 1.43. The molecule has 3 heteroatoms. The first-order valence-corrected chi connectivity index (χ1v) is 6.56. The zero-order valence-electron chi connectivity index (χ0n) is 11.0. The minimum atomic E-state index is -0.701. The highest BCUT2D eigenvalue weighted by molar-refractivity contribution is 6.15. The lowest BCUT2D eigenvalue weighted by Gasteiger charge is -2.20. The second-order valence-corrected chi connectivity index (χ2v) is 5.62. The maximum absolute atomic E-state index is 12.2. The summed E-state index contributed by atoms with van der Waals surface area (Å²) in [5.74, 6) is -1.80. The predicted molar refractivity (Wildman–Crippen MR) is 70.8 cm³/mol. The molecule has 0 aromatic heterocycles. The number of carbonyl (C=O) groups is 2. The number of carbonyl (C=O) groups excluding carboxylic acids is 2. The molecule has 0 amide bonds. The van der Waals surface area contributed by atoms with Crippen LogP contribution in [-0.4, -0.2) is 16.7 Å². The van der Waals surface area contributed by atoms with Gasteiger partial charge in [-0.05, 0) is 24.5 Å². The number of fused-ring (bicyclic) bond motifs is 2. The van der Waals surface area contributed by atoms with Crippen molar-refractivity contribution in [3.05, 3.63) is 47.2 Å². The van der Waals surface area contributed by atoms with Crippen LogP contribution in [0.15, 0.2) is 36.1 Å². The van der Waals surface area contributed by atoms with Crippen LogP contribution < -0.4 is 0 Å². The summed E-state index contributed by atoms with van der Waals surface area (Å²) in [7, 11) is 0. The summed E-state index contributed by atoms with van der Waals surface area (Å²) in [4.78, 5) is 24.3. The summed E-state index contributed by atoms with van der Waals surface area (Å²) in [5, 5.41) is 9.66. The Morgan fingerprint density at radius 2 is 1.74 bits per heavy atom. The molecule has 98 valence electrons. The van der Waals surface area contributed by atoms with Gasteiger partial charge in [0.05, 0.1) is 5.92 Å². The number of aliphatic hydroxyl groups is 1. The van der Waals surface area contributed by atoms with Crippen LogP contribution >= 0.6 is 0 Å². The van der Waals surface area contributed by atoms with Gasteiger partial charge in [0.1, 0.15) is 0 Å². The Bertz CT molecular complexity index is 583. The van der Waals surface area contributed by atoms with Crippen molar-refractivity contribution in [3.63, 3.8) is 0 Å². The smallest absolute Gasteiger partial charge is 0.207 e. The number of allylic oxidation sites excluding steroid dienone is 2. The number of hydrogen-bond acceptors (Lipinski definition) is 3. The molecule has 1 saturated carbocycles. The second kappa shape index (κ2) is 4.05. The van der Waals surface area contributed by atoms with E-state index < -0.39 is 11.7 Å². The SMILES string of the molecule is Cc1ccc([C@H]2[C@H]3C(=O)C(O)=C[C@H](C3=O)[C@@H]2C)cc1. The third kappa shape index (κ3) is 1.65. The molecule has 0 saturated heterocycles. The van der Waals surface area contributed by atoms with Gasteiger partial charge in [-0.1, -0.05) is 36.8 Å². The molecule has 2 aliphatic carbocycles. The van der Waals surface area contributed by atoms with Gasteiger partial charge in [-0.15, -0.1) is 0 Å². The summed E-state index contributed by atoms with van der Waals surface area (Å²) < 4.78 is 0. The van der Waals surface area contributed by atoms with Crippen LogP contribution in [0.4, 0.5) is 0 Å². The first kappa shape index (κ1) is 12.2. The van der Waals surface area contributed by atoms with Crippen LogP contribution in [-0.2, 0) is 9.59 Å². The Morgan fingerprint density at radius 1 is 1.11 bits per heavy atom. The van der Waals surface area contributed by atoms with Gasteiger partial charge >= 0.3 is 0 Å². The van der Waals surface area contributed by atoms with Gasteiger partial charge in [0.15, 0.2) is 11.5 Å². The number of hydrogen-bond donors (Lipinski definition) is 1. The minimum absolute atomic E-state index is 0.0409. The average molecular weight is 256 g/mol. The molecule has 2 bridgehead atoms. The molecular weight excluding hydrogens is 240 g/mol. The topological polar surface area (TPSA) is 54.4 Å². The monoisotopic (exact) mass is 256 g/mol. The fraction of sp³-hybridized carbons (Fsp3) is 0.375. The van der Waals surface area contributed by atoms with Crippen molar-refractivity contribution in [2.24, 2.45) is 17.8 Å². The lowest BCUT2D eigenvalue weighted by Crippen LogP contribution is -2.30. The van der Waals surface area contributed by atoms with Crippen LogP contribution in [0.3, 0.4) is 0 Å². The Kier molecular flexibility index (Phi) is 2.59. The maximum atomic E-state index is 12.2. The van der Waals surface area contributed by atoms with E-state index in [0.717, 1.165) is 11.1 Å². The van der Waals surface area contributed by atoms with Crippen LogP contribution in [0.5, 0.6) is 0 Å². The zero-order valence-corrected chi connectivity index (χ0v) is 11.0. The normalized spacial score (nSPS) is 33.5. The summed E-state index contributed by atoms with van der Waals surface area (Å²) >= 11 is 0. The predicted octanol–water partition coefficient (Wildman–Crippen LogP) is 2.55. The molecule has 0 radical (unpaired) electrons. The van der Waals surface area contributed by atoms with E-state index in [0.29, 0.717) is 0 Å². The van der Waals surface area contributed by atoms with Gasteiger partial charge in [-0.25, -0.2) is 0 Å². The van der Waals surface area contributed by atoms with E-state index in [1.807, 2.05) is 38.1 Å². The van der Waals surface area contributed by atoms with E-state index in [2.05, 4.69) is 0 Å². The van der Waals surface area contributed by atoms with E-state index in [1.54, 1.807) is 0 Å². The molecule has 3 rings (SSSR count). The lowest BCUT2D eigenvalue weighted by atomic mass is 9.81. The molecule has 2 aliphatic rings. The first-order valence-electron chi connectivity index (χ1n) is 6.56. The van der Waals surface area contributed by atoms with E-state index in [1.165, 1.54) is 6.08 Å². The number of aryl methyl sites for hydroxylation is 1. The molecule has 4 atom stereocenters. The molecule has 1 aromatic rings. The van der Waals surface area contributed by atoms with Crippen molar-refractivity contribution >= 4 is 11.6 Å². The molecule has 0 aliphatic heterocycles. The van der Waals surface area contributed by atoms with E-state index in [9.17, 15) is 14.7 Å². The standard InChI is InChI=1S/C16H16O3/c1-8-3-5-10(6-4-8)13-9(2)11-7-12(17)16(19)14(13)15(11)18/h3-7,9,11,13-14,17H,1-2H3/t9-,11-,13-,14+/m0/s1. The second-order valence-electron chi connectivity index (χ2n) is 5.62. The van der Waals surface area contributed by atoms with Gasteiger partial charge < -0.3 is 5.11 Å². The quantitative estimate of drug-likeness (QED) is 0.786. The summed E-state index contributed by atoms with van der Waals surface area (Å²) in [5.41, 5.74) is 2.16. The van der Waals surface area contributed by atoms with Crippen molar-refractivity contribution < 1.29 is 14.7 Å². The summed E-state index contributed by atoms with van der Waals surface area (Å²) in [6.45, 7) is 3.99. The molecule has 19 heavy (non-hydrogen) atoms. The van der Waals surface area contributed by atoms with Gasteiger partial charge in [0.25, 0.3) is 0 Å². The Hall–Kier alpha value is -1.90. The van der Waals surface area contributed by atoms with Crippen LogP contribution in [0.2, 0.25) is 0 Å². The molecule has 3 nitrogen and oxygen atoms in total. The largest absolute Gasteiger partial charge is 0.505 e. The van der Waals surface area contributed by atoms with Crippen molar-refractivity contribution in [1.29, 1.82) is 0 Å². The number of benzene rings is 1. The van der Waals surface area contributed by atoms with Crippen molar-refractivity contribution in [3.8, 4) is 0 Å². The average Bonchev–Trinajstić information content (AvgIpc) is 2.56.